The van der Waals surface area contributed by atoms with Gasteiger partial charge in [-0.15, -0.1) is 0 Å². The lowest BCUT2D eigenvalue weighted by atomic mass is 10.0. The molecule has 6 heteroatoms. The molecular weight excluding hydrogens is 305 g/mol. The largest absolute Gasteiger partial charge is 0.243 e. The van der Waals surface area contributed by atoms with Gasteiger partial charge in [0.2, 0.25) is 10.0 Å². The Kier molecular flexibility index (Phi) is 4.45. The highest BCUT2D eigenvalue weighted by Crippen LogP contribution is 2.31. The first-order chi connectivity index (χ1) is 8.82. The molecule has 0 spiro atoms. The molecule has 0 aliphatic carbocycles. The second-order valence-corrected chi connectivity index (χ2v) is 7.86. The predicted octanol–water partition coefficient (Wildman–Crippen LogP) is 3.72. The van der Waals surface area contributed by atoms with Crippen molar-refractivity contribution >= 4 is 33.2 Å². The first kappa shape index (κ1) is 15.1. The minimum absolute atomic E-state index is 0.260. The molecule has 1 saturated heterocycles. The summed E-state index contributed by atoms with van der Waals surface area (Å²) in [6, 6.07) is 3.05. The van der Waals surface area contributed by atoms with Gasteiger partial charge in [-0.25, -0.2) is 8.42 Å². The molecule has 1 fully saturated rings. The van der Waals surface area contributed by atoms with Crippen LogP contribution in [0.15, 0.2) is 17.0 Å². The van der Waals surface area contributed by atoms with Gasteiger partial charge in [0.25, 0.3) is 0 Å². The van der Waals surface area contributed by atoms with Gasteiger partial charge in [-0.3, -0.25) is 0 Å². The topological polar surface area (TPSA) is 37.4 Å². The van der Waals surface area contributed by atoms with Crippen LogP contribution in [0.4, 0.5) is 0 Å². The molecule has 0 bridgehead atoms. The monoisotopic (exact) mass is 321 g/mol. The van der Waals surface area contributed by atoms with Crippen LogP contribution in [0.2, 0.25) is 10.0 Å². The summed E-state index contributed by atoms with van der Waals surface area (Å²) in [5.41, 5.74) is 0.632. The Labute approximate surface area is 124 Å². The number of sulfonamides is 1. The number of rotatable bonds is 2. The zero-order valence-electron chi connectivity index (χ0n) is 11.0. The van der Waals surface area contributed by atoms with Crippen molar-refractivity contribution in [1.82, 2.24) is 4.31 Å². The molecule has 0 aromatic heterocycles. The summed E-state index contributed by atoms with van der Waals surface area (Å²) < 4.78 is 26.8. The summed E-state index contributed by atoms with van der Waals surface area (Å²) in [4.78, 5) is 0.260. The summed E-state index contributed by atoms with van der Waals surface area (Å²) in [6.45, 7) is 4.96. The van der Waals surface area contributed by atoms with Crippen molar-refractivity contribution in [2.75, 3.05) is 13.1 Å². The van der Waals surface area contributed by atoms with E-state index in [0.29, 0.717) is 29.6 Å². The van der Waals surface area contributed by atoms with Crippen molar-refractivity contribution < 1.29 is 8.42 Å². The Balaban J connectivity index is 2.42. The molecule has 3 nitrogen and oxygen atoms in total. The first-order valence-corrected chi connectivity index (χ1v) is 8.47. The molecule has 106 valence electrons. The maximum Gasteiger partial charge on any atom is 0.243 e. The van der Waals surface area contributed by atoms with Gasteiger partial charge in [-0.1, -0.05) is 30.1 Å². The Morgan fingerprint density at radius 2 is 1.89 bits per heavy atom. The molecule has 0 amide bonds. The second-order valence-electron chi connectivity index (χ2n) is 5.14. The average molecular weight is 322 g/mol. The molecule has 0 saturated carbocycles. The van der Waals surface area contributed by atoms with Gasteiger partial charge in [0, 0.05) is 13.1 Å². The van der Waals surface area contributed by atoms with Gasteiger partial charge >= 0.3 is 0 Å². The Morgan fingerprint density at radius 3 is 2.53 bits per heavy atom. The SMILES string of the molecule is Cc1cc(Cl)c(Cl)cc1S(=O)(=O)N1CCC[C@H](C)C1. The maximum atomic E-state index is 12.6. The smallest absolute Gasteiger partial charge is 0.207 e. The normalized spacial score (nSPS) is 21.6. The maximum absolute atomic E-state index is 12.6. The lowest BCUT2D eigenvalue weighted by Gasteiger charge is -2.30. The van der Waals surface area contributed by atoms with Gasteiger partial charge in [0.05, 0.1) is 14.9 Å². The number of nitrogens with zero attached hydrogens (tertiary/aromatic N) is 1. The highest BCUT2D eigenvalue weighted by Gasteiger charge is 2.30. The summed E-state index contributed by atoms with van der Waals surface area (Å²) in [6.07, 6.45) is 1.98. The van der Waals surface area contributed by atoms with Crippen molar-refractivity contribution in [3.05, 3.63) is 27.7 Å². The summed E-state index contributed by atoms with van der Waals surface area (Å²) >= 11 is 11.8. The van der Waals surface area contributed by atoms with E-state index in [1.165, 1.54) is 6.07 Å². The minimum atomic E-state index is -3.47. The fourth-order valence-electron chi connectivity index (χ4n) is 2.41. The van der Waals surface area contributed by atoms with Crippen LogP contribution in [0.1, 0.15) is 25.3 Å². The van der Waals surface area contributed by atoms with Crippen molar-refractivity contribution in [1.29, 1.82) is 0 Å². The van der Waals surface area contributed by atoms with Gasteiger partial charge in [0.15, 0.2) is 0 Å². The summed E-state index contributed by atoms with van der Waals surface area (Å²) in [7, 11) is -3.47. The van der Waals surface area contributed by atoms with Crippen LogP contribution in [-0.2, 0) is 10.0 Å². The van der Waals surface area contributed by atoms with Gasteiger partial charge in [0.1, 0.15) is 0 Å². The molecule has 1 aromatic carbocycles. The van der Waals surface area contributed by atoms with Crippen LogP contribution in [0.3, 0.4) is 0 Å². The zero-order chi connectivity index (χ0) is 14.2. The zero-order valence-corrected chi connectivity index (χ0v) is 13.3. The van der Waals surface area contributed by atoms with Crippen LogP contribution in [-0.4, -0.2) is 25.8 Å². The van der Waals surface area contributed by atoms with E-state index in [2.05, 4.69) is 6.92 Å². The number of piperidine rings is 1. The molecule has 1 aliphatic heterocycles. The average Bonchev–Trinajstić information content (AvgIpc) is 2.33. The van der Waals surface area contributed by atoms with E-state index in [9.17, 15) is 8.42 Å². The molecule has 1 aromatic rings. The molecule has 1 atom stereocenters. The van der Waals surface area contributed by atoms with Crippen LogP contribution < -0.4 is 0 Å². The molecule has 0 N–H and O–H groups in total. The predicted molar refractivity (Wildman–Crippen MR) is 78.4 cm³/mol. The third kappa shape index (κ3) is 3.07. The van der Waals surface area contributed by atoms with E-state index in [-0.39, 0.29) is 9.92 Å². The summed E-state index contributed by atoms with van der Waals surface area (Å²) in [5.74, 6) is 0.395. The van der Waals surface area contributed by atoms with Gasteiger partial charge < -0.3 is 0 Å². The van der Waals surface area contributed by atoms with Crippen molar-refractivity contribution in [2.24, 2.45) is 5.92 Å². The molecule has 0 radical (unpaired) electrons. The third-order valence-electron chi connectivity index (χ3n) is 3.46. The van der Waals surface area contributed by atoms with Gasteiger partial charge in [-0.05, 0) is 43.4 Å². The summed E-state index contributed by atoms with van der Waals surface area (Å²) in [5, 5.41) is 0.654. The van der Waals surface area contributed by atoms with E-state index < -0.39 is 10.0 Å². The number of benzene rings is 1. The molecule has 0 unspecified atom stereocenters. The van der Waals surface area contributed by atoms with E-state index in [0.717, 1.165) is 12.8 Å². The number of halogens is 2. The lowest BCUT2D eigenvalue weighted by Crippen LogP contribution is -2.39. The van der Waals surface area contributed by atoms with E-state index in [4.69, 9.17) is 23.2 Å². The molecule has 2 rings (SSSR count). The number of hydrogen-bond donors (Lipinski definition) is 0. The van der Waals surface area contributed by atoms with E-state index >= 15 is 0 Å². The second kappa shape index (κ2) is 5.60. The Hall–Kier alpha value is -0.290. The van der Waals surface area contributed by atoms with Crippen LogP contribution >= 0.6 is 23.2 Å². The highest BCUT2D eigenvalue weighted by molar-refractivity contribution is 7.89. The van der Waals surface area contributed by atoms with E-state index in [1.807, 2.05) is 0 Å². The Morgan fingerprint density at radius 1 is 1.26 bits per heavy atom. The fourth-order valence-corrected chi connectivity index (χ4v) is 4.69. The number of aryl methyl sites for hydroxylation is 1. The standard InChI is InChI=1S/C13H17Cl2NO2S/c1-9-4-3-5-16(8-9)19(17,18)13-7-12(15)11(14)6-10(13)2/h6-7,9H,3-5,8H2,1-2H3/t9-/m0/s1. The van der Waals surface area contributed by atoms with Crippen molar-refractivity contribution in [3.63, 3.8) is 0 Å². The molecule has 19 heavy (non-hydrogen) atoms. The van der Waals surface area contributed by atoms with E-state index in [1.54, 1.807) is 17.3 Å². The highest BCUT2D eigenvalue weighted by atomic mass is 35.5. The third-order valence-corrected chi connectivity index (χ3v) is 6.18. The van der Waals surface area contributed by atoms with Crippen molar-refractivity contribution in [3.8, 4) is 0 Å². The van der Waals surface area contributed by atoms with Crippen LogP contribution in [0.25, 0.3) is 0 Å². The quantitative estimate of drug-likeness (QED) is 0.832. The number of hydrogen-bond acceptors (Lipinski definition) is 2. The Bertz CT molecular complexity index is 587. The van der Waals surface area contributed by atoms with Crippen LogP contribution in [0, 0.1) is 12.8 Å². The minimum Gasteiger partial charge on any atom is -0.207 e. The first-order valence-electron chi connectivity index (χ1n) is 6.28. The fraction of sp³-hybridized carbons (Fsp3) is 0.538. The molecule has 1 aliphatic rings. The lowest BCUT2D eigenvalue weighted by molar-refractivity contribution is 0.281. The van der Waals surface area contributed by atoms with Gasteiger partial charge in [-0.2, -0.15) is 4.31 Å². The molecule has 1 heterocycles. The van der Waals surface area contributed by atoms with Crippen LogP contribution in [0.5, 0.6) is 0 Å². The van der Waals surface area contributed by atoms with Crippen molar-refractivity contribution in [2.45, 2.75) is 31.6 Å². The molecular formula is C13H17Cl2NO2S.